The molecule has 0 bridgehead atoms. The number of carbonyl (C=O) groups is 2. The Morgan fingerprint density at radius 2 is 1.79 bits per heavy atom. The first-order valence-corrected chi connectivity index (χ1v) is 10.3. The first-order valence-electron chi connectivity index (χ1n) is 9.91. The molecule has 0 unspecified atom stereocenters. The molecule has 1 amide bonds. The van der Waals surface area contributed by atoms with Gasteiger partial charge >= 0.3 is 5.97 Å². The standard InChI is InChI=1S/C23H28ClNO4/c1-4-5-6-7-14-28-20-12-9-18(10-13-20)23(27)29-17(3)22(26)25-21-15-19(24)11-8-16(21)2/h8-13,15,17H,4-7,14H2,1-3H3,(H,25,26)/t17-/m0/s1. The molecule has 0 saturated carbocycles. The highest BCUT2D eigenvalue weighted by Crippen LogP contribution is 2.21. The Morgan fingerprint density at radius 1 is 1.07 bits per heavy atom. The Balaban J connectivity index is 1.85. The van der Waals surface area contributed by atoms with Gasteiger partial charge in [-0.2, -0.15) is 0 Å². The predicted molar refractivity (Wildman–Crippen MR) is 116 cm³/mol. The Labute approximate surface area is 177 Å². The van der Waals surface area contributed by atoms with Crippen molar-refractivity contribution in [2.45, 2.75) is 52.6 Å². The molecule has 1 N–H and O–H groups in total. The second-order valence-corrected chi connectivity index (χ2v) is 7.37. The number of unbranched alkanes of at least 4 members (excludes halogenated alkanes) is 3. The summed E-state index contributed by atoms with van der Waals surface area (Å²) in [4.78, 5) is 24.7. The molecule has 0 heterocycles. The summed E-state index contributed by atoms with van der Waals surface area (Å²) in [7, 11) is 0. The van der Waals surface area contributed by atoms with Gasteiger partial charge in [0.2, 0.25) is 0 Å². The summed E-state index contributed by atoms with van der Waals surface area (Å²) >= 11 is 5.96. The minimum atomic E-state index is -0.949. The van der Waals surface area contributed by atoms with Gasteiger partial charge in [-0.1, -0.05) is 43.9 Å². The van der Waals surface area contributed by atoms with Gasteiger partial charge < -0.3 is 14.8 Å². The van der Waals surface area contributed by atoms with Gasteiger partial charge in [-0.25, -0.2) is 4.79 Å². The molecule has 2 rings (SSSR count). The van der Waals surface area contributed by atoms with Crippen LogP contribution in [0.3, 0.4) is 0 Å². The summed E-state index contributed by atoms with van der Waals surface area (Å²) in [6.07, 6.45) is 3.60. The van der Waals surface area contributed by atoms with Crippen molar-refractivity contribution in [2.75, 3.05) is 11.9 Å². The smallest absolute Gasteiger partial charge is 0.338 e. The van der Waals surface area contributed by atoms with E-state index in [0.717, 1.165) is 18.4 Å². The zero-order chi connectivity index (χ0) is 21.2. The molecule has 0 radical (unpaired) electrons. The van der Waals surface area contributed by atoms with E-state index in [-0.39, 0.29) is 0 Å². The van der Waals surface area contributed by atoms with Gasteiger partial charge in [-0.05, 0) is 62.2 Å². The van der Waals surface area contributed by atoms with Crippen molar-refractivity contribution < 1.29 is 19.1 Å². The van der Waals surface area contributed by atoms with E-state index in [1.165, 1.54) is 19.8 Å². The molecule has 0 aliphatic carbocycles. The molecular formula is C23H28ClNO4. The van der Waals surface area contributed by atoms with E-state index in [9.17, 15) is 9.59 Å². The van der Waals surface area contributed by atoms with E-state index in [1.807, 2.05) is 13.0 Å². The van der Waals surface area contributed by atoms with Gasteiger partial charge in [0.15, 0.2) is 6.10 Å². The first-order chi connectivity index (χ1) is 13.9. The number of hydrogen-bond acceptors (Lipinski definition) is 4. The molecule has 1 atom stereocenters. The maximum Gasteiger partial charge on any atom is 0.338 e. The van der Waals surface area contributed by atoms with Gasteiger partial charge in [0.25, 0.3) is 5.91 Å². The van der Waals surface area contributed by atoms with E-state index in [4.69, 9.17) is 21.1 Å². The zero-order valence-electron chi connectivity index (χ0n) is 17.2. The Bertz CT molecular complexity index is 820. The molecule has 0 fully saturated rings. The number of nitrogens with one attached hydrogen (secondary N) is 1. The number of benzene rings is 2. The normalized spacial score (nSPS) is 11.6. The van der Waals surface area contributed by atoms with Crippen molar-refractivity contribution in [2.24, 2.45) is 0 Å². The molecule has 0 spiro atoms. The van der Waals surface area contributed by atoms with Crippen LogP contribution in [0.4, 0.5) is 5.69 Å². The summed E-state index contributed by atoms with van der Waals surface area (Å²) in [5.74, 6) is -0.277. The number of anilines is 1. The molecular weight excluding hydrogens is 390 g/mol. The number of hydrogen-bond donors (Lipinski definition) is 1. The molecule has 29 heavy (non-hydrogen) atoms. The van der Waals surface area contributed by atoms with Crippen LogP contribution in [0, 0.1) is 6.92 Å². The number of carbonyl (C=O) groups excluding carboxylic acids is 2. The number of rotatable bonds is 10. The third-order valence-electron chi connectivity index (χ3n) is 4.47. The van der Waals surface area contributed by atoms with Crippen molar-refractivity contribution in [1.82, 2.24) is 0 Å². The number of esters is 1. The summed E-state index contributed by atoms with van der Waals surface area (Å²) in [6, 6.07) is 11.9. The lowest BCUT2D eigenvalue weighted by Crippen LogP contribution is -2.30. The number of ether oxygens (including phenoxy) is 2. The third kappa shape index (κ3) is 7.42. The topological polar surface area (TPSA) is 64.6 Å². The van der Waals surface area contributed by atoms with Gasteiger partial charge in [0, 0.05) is 10.7 Å². The average molecular weight is 418 g/mol. The number of aryl methyl sites for hydroxylation is 1. The molecule has 2 aromatic carbocycles. The lowest BCUT2D eigenvalue weighted by atomic mass is 10.2. The van der Waals surface area contributed by atoms with E-state index in [1.54, 1.807) is 36.4 Å². The highest BCUT2D eigenvalue weighted by atomic mass is 35.5. The van der Waals surface area contributed by atoms with Crippen molar-refractivity contribution in [3.8, 4) is 5.75 Å². The van der Waals surface area contributed by atoms with Crippen LogP contribution >= 0.6 is 11.6 Å². The number of amides is 1. The number of halogens is 1. The highest BCUT2D eigenvalue weighted by molar-refractivity contribution is 6.31. The third-order valence-corrected chi connectivity index (χ3v) is 4.70. The van der Waals surface area contributed by atoms with Crippen molar-refractivity contribution in [3.63, 3.8) is 0 Å². The van der Waals surface area contributed by atoms with Gasteiger partial charge in [0.05, 0.1) is 12.2 Å². The maximum absolute atomic E-state index is 12.3. The lowest BCUT2D eigenvalue weighted by Gasteiger charge is -2.15. The monoisotopic (exact) mass is 417 g/mol. The summed E-state index contributed by atoms with van der Waals surface area (Å²) in [6.45, 7) is 6.21. The van der Waals surface area contributed by atoms with Crippen LogP contribution in [0.15, 0.2) is 42.5 Å². The SMILES string of the molecule is CCCCCCOc1ccc(C(=O)O[C@@H](C)C(=O)Nc2cc(Cl)ccc2C)cc1. The van der Waals surface area contributed by atoms with Crippen molar-refractivity contribution in [3.05, 3.63) is 58.6 Å². The second kappa shape index (κ2) is 11.5. The molecule has 0 aromatic heterocycles. The van der Waals surface area contributed by atoms with E-state index < -0.39 is 18.0 Å². The molecule has 0 aliphatic rings. The summed E-state index contributed by atoms with van der Waals surface area (Å²) in [5, 5.41) is 3.25. The largest absolute Gasteiger partial charge is 0.494 e. The molecule has 5 nitrogen and oxygen atoms in total. The Kier molecular flexibility index (Phi) is 9.00. The van der Waals surface area contributed by atoms with E-state index in [0.29, 0.717) is 28.6 Å². The van der Waals surface area contributed by atoms with Crippen LogP contribution in [0.25, 0.3) is 0 Å². The summed E-state index contributed by atoms with van der Waals surface area (Å²) in [5.41, 5.74) is 1.82. The first kappa shape index (κ1) is 22.8. The highest BCUT2D eigenvalue weighted by Gasteiger charge is 2.19. The minimum absolute atomic E-state index is 0.363. The zero-order valence-corrected chi connectivity index (χ0v) is 17.9. The van der Waals surface area contributed by atoms with Crippen LogP contribution in [0.5, 0.6) is 5.75 Å². The molecule has 6 heteroatoms. The maximum atomic E-state index is 12.3. The van der Waals surface area contributed by atoms with Crippen molar-refractivity contribution in [1.29, 1.82) is 0 Å². The van der Waals surface area contributed by atoms with Gasteiger partial charge in [0.1, 0.15) is 5.75 Å². The van der Waals surface area contributed by atoms with Crippen LogP contribution in [-0.2, 0) is 9.53 Å². The van der Waals surface area contributed by atoms with E-state index in [2.05, 4.69) is 12.2 Å². The van der Waals surface area contributed by atoms with Gasteiger partial charge in [-0.3, -0.25) is 4.79 Å². The molecule has 0 saturated heterocycles. The quantitative estimate of drug-likeness (QED) is 0.392. The van der Waals surface area contributed by atoms with E-state index >= 15 is 0 Å². The van der Waals surface area contributed by atoms with Gasteiger partial charge in [-0.15, -0.1) is 0 Å². The Hall–Kier alpha value is -2.53. The van der Waals surface area contributed by atoms with Crippen LogP contribution < -0.4 is 10.1 Å². The molecule has 2 aromatic rings. The van der Waals surface area contributed by atoms with Crippen LogP contribution in [0.1, 0.15) is 55.5 Å². The lowest BCUT2D eigenvalue weighted by molar-refractivity contribution is -0.123. The van der Waals surface area contributed by atoms with Crippen LogP contribution in [-0.4, -0.2) is 24.6 Å². The second-order valence-electron chi connectivity index (χ2n) is 6.93. The predicted octanol–water partition coefficient (Wildman–Crippen LogP) is 5.79. The molecule has 0 aliphatic heterocycles. The fourth-order valence-corrected chi connectivity index (χ4v) is 2.82. The minimum Gasteiger partial charge on any atom is -0.494 e. The average Bonchev–Trinajstić information content (AvgIpc) is 2.71. The van der Waals surface area contributed by atoms with Crippen molar-refractivity contribution >= 4 is 29.2 Å². The molecule has 156 valence electrons. The van der Waals surface area contributed by atoms with Crippen LogP contribution in [0.2, 0.25) is 5.02 Å². The fourth-order valence-electron chi connectivity index (χ4n) is 2.65. The fraction of sp³-hybridized carbons (Fsp3) is 0.391. The Morgan fingerprint density at radius 3 is 2.48 bits per heavy atom. The summed E-state index contributed by atoms with van der Waals surface area (Å²) < 4.78 is 10.9.